The number of phenols is 1. The van der Waals surface area contributed by atoms with Crippen molar-refractivity contribution in [2.75, 3.05) is 0 Å². The number of amides is 1. The Bertz CT molecular complexity index is 726. The van der Waals surface area contributed by atoms with Crippen molar-refractivity contribution in [3.05, 3.63) is 47.8 Å². The van der Waals surface area contributed by atoms with E-state index in [1.807, 2.05) is 13.8 Å². The summed E-state index contributed by atoms with van der Waals surface area (Å²) in [5.41, 5.74) is 1.34. The van der Waals surface area contributed by atoms with Crippen molar-refractivity contribution in [2.45, 2.75) is 19.9 Å². The van der Waals surface area contributed by atoms with Gasteiger partial charge in [0.2, 0.25) is 0 Å². The zero-order valence-electron chi connectivity index (χ0n) is 12.2. The second-order valence-corrected chi connectivity index (χ2v) is 5.13. The fourth-order valence-corrected chi connectivity index (χ4v) is 1.95. The number of carboxylic acids is 1. The Hall–Kier alpha value is -2.89. The summed E-state index contributed by atoms with van der Waals surface area (Å²) in [4.78, 5) is 27.1. The molecule has 3 N–H and O–H groups in total. The van der Waals surface area contributed by atoms with E-state index in [1.54, 1.807) is 12.1 Å². The van der Waals surface area contributed by atoms with Crippen LogP contribution in [0.5, 0.6) is 5.75 Å². The van der Waals surface area contributed by atoms with Gasteiger partial charge in [0.25, 0.3) is 5.91 Å². The molecular weight excluding hydrogens is 284 g/mol. The number of aromatic nitrogens is 1. The number of nitrogens with zero attached hydrogens (tertiary/aromatic N) is 1. The van der Waals surface area contributed by atoms with Gasteiger partial charge < -0.3 is 15.5 Å². The molecule has 0 radical (unpaired) electrons. The molecule has 0 spiro atoms. The number of hydrogen-bond acceptors (Lipinski definition) is 4. The topological polar surface area (TPSA) is 99.5 Å². The van der Waals surface area contributed by atoms with Crippen LogP contribution in [0.2, 0.25) is 0 Å². The zero-order valence-corrected chi connectivity index (χ0v) is 12.2. The predicted octanol–water partition coefficient (Wildman–Crippen LogP) is 2.29. The van der Waals surface area contributed by atoms with Gasteiger partial charge in [0.1, 0.15) is 11.3 Å². The van der Waals surface area contributed by atoms with Gasteiger partial charge in [-0.05, 0) is 37.6 Å². The summed E-state index contributed by atoms with van der Waals surface area (Å²) in [5, 5.41) is 21.3. The van der Waals surface area contributed by atoms with Crippen LogP contribution in [-0.2, 0) is 0 Å². The van der Waals surface area contributed by atoms with Crippen molar-refractivity contribution in [2.24, 2.45) is 0 Å². The monoisotopic (exact) mass is 300 g/mol. The third-order valence-electron chi connectivity index (χ3n) is 2.98. The lowest BCUT2D eigenvalue weighted by Crippen LogP contribution is -2.30. The zero-order chi connectivity index (χ0) is 16.3. The largest absolute Gasteiger partial charge is 0.507 e. The van der Waals surface area contributed by atoms with E-state index in [0.717, 1.165) is 0 Å². The predicted molar refractivity (Wildman–Crippen MR) is 80.9 cm³/mol. The van der Waals surface area contributed by atoms with E-state index in [-0.39, 0.29) is 23.3 Å². The molecule has 0 saturated carbocycles. The first kappa shape index (κ1) is 15.5. The smallest absolute Gasteiger partial charge is 0.339 e. The highest BCUT2D eigenvalue weighted by molar-refractivity contribution is 5.96. The average molecular weight is 300 g/mol. The van der Waals surface area contributed by atoms with Gasteiger partial charge in [-0.2, -0.15) is 0 Å². The first-order chi connectivity index (χ1) is 10.4. The number of carbonyl (C=O) groups is 2. The lowest BCUT2D eigenvalue weighted by Gasteiger charge is -2.09. The number of benzene rings is 1. The Balaban J connectivity index is 2.40. The first-order valence-corrected chi connectivity index (χ1v) is 6.71. The molecular formula is C16H16N2O4. The average Bonchev–Trinajstić information content (AvgIpc) is 2.47. The van der Waals surface area contributed by atoms with Crippen LogP contribution in [0.4, 0.5) is 0 Å². The van der Waals surface area contributed by atoms with E-state index in [1.165, 1.54) is 24.5 Å². The van der Waals surface area contributed by atoms with Crippen molar-refractivity contribution in [1.29, 1.82) is 0 Å². The molecule has 6 nitrogen and oxygen atoms in total. The number of hydrogen-bond donors (Lipinski definition) is 3. The van der Waals surface area contributed by atoms with Crippen LogP contribution in [0.1, 0.15) is 34.6 Å². The van der Waals surface area contributed by atoms with Gasteiger partial charge in [0.15, 0.2) is 0 Å². The maximum atomic E-state index is 12.0. The van der Waals surface area contributed by atoms with Crippen molar-refractivity contribution in [3.63, 3.8) is 0 Å². The van der Waals surface area contributed by atoms with E-state index in [4.69, 9.17) is 5.11 Å². The van der Waals surface area contributed by atoms with E-state index in [0.29, 0.717) is 16.7 Å². The summed E-state index contributed by atoms with van der Waals surface area (Å²) < 4.78 is 0. The number of pyridine rings is 1. The summed E-state index contributed by atoms with van der Waals surface area (Å²) in [7, 11) is 0. The summed E-state index contributed by atoms with van der Waals surface area (Å²) in [6.07, 6.45) is 2.98. The highest BCUT2D eigenvalue weighted by atomic mass is 16.4. The van der Waals surface area contributed by atoms with Crippen LogP contribution in [-0.4, -0.2) is 33.1 Å². The van der Waals surface area contributed by atoms with E-state index in [9.17, 15) is 14.7 Å². The molecule has 22 heavy (non-hydrogen) atoms. The number of rotatable bonds is 4. The van der Waals surface area contributed by atoms with Crippen LogP contribution in [0, 0.1) is 0 Å². The summed E-state index contributed by atoms with van der Waals surface area (Å²) in [5.74, 6) is -1.78. The fraction of sp³-hybridized carbons (Fsp3) is 0.188. The van der Waals surface area contributed by atoms with E-state index < -0.39 is 5.97 Å². The second-order valence-electron chi connectivity index (χ2n) is 5.13. The second kappa shape index (κ2) is 6.26. The Morgan fingerprint density at radius 3 is 2.50 bits per heavy atom. The molecule has 0 unspecified atom stereocenters. The normalized spacial score (nSPS) is 10.5. The quantitative estimate of drug-likeness (QED) is 0.804. The fourth-order valence-electron chi connectivity index (χ4n) is 1.95. The molecule has 1 aromatic carbocycles. The highest BCUT2D eigenvalue weighted by Crippen LogP contribution is 2.26. The summed E-state index contributed by atoms with van der Waals surface area (Å²) in [6.45, 7) is 3.71. The molecule has 2 aromatic rings. The van der Waals surface area contributed by atoms with Crippen LogP contribution >= 0.6 is 0 Å². The molecule has 0 fully saturated rings. The molecule has 114 valence electrons. The van der Waals surface area contributed by atoms with Crippen LogP contribution in [0.3, 0.4) is 0 Å². The summed E-state index contributed by atoms with van der Waals surface area (Å²) in [6, 6.07) is 5.85. The molecule has 1 aromatic heterocycles. The van der Waals surface area contributed by atoms with Gasteiger partial charge >= 0.3 is 5.97 Å². The minimum Gasteiger partial charge on any atom is -0.507 e. The van der Waals surface area contributed by atoms with E-state index >= 15 is 0 Å². The number of carbonyl (C=O) groups excluding carboxylic acids is 1. The van der Waals surface area contributed by atoms with Gasteiger partial charge in [-0.1, -0.05) is 6.07 Å². The molecule has 0 saturated heterocycles. The third-order valence-corrected chi connectivity index (χ3v) is 2.98. The Kier molecular flexibility index (Phi) is 4.41. The lowest BCUT2D eigenvalue weighted by molar-refractivity contribution is 0.0693. The van der Waals surface area contributed by atoms with Crippen molar-refractivity contribution in [3.8, 4) is 16.9 Å². The van der Waals surface area contributed by atoms with Crippen LogP contribution in [0.25, 0.3) is 11.1 Å². The van der Waals surface area contributed by atoms with Crippen LogP contribution < -0.4 is 5.32 Å². The van der Waals surface area contributed by atoms with Gasteiger partial charge in [-0.15, -0.1) is 0 Å². The maximum Gasteiger partial charge on any atom is 0.339 e. The van der Waals surface area contributed by atoms with Gasteiger partial charge in [-0.3, -0.25) is 9.78 Å². The molecule has 1 heterocycles. The minimum atomic E-state index is -1.22. The van der Waals surface area contributed by atoms with Crippen molar-refractivity contribution < 1.29 is 19.8 Å². The van der Waals surface area contributed by atoms with Crippen molar-refractivity contribution in [1.82, 2.24) is 10.3 Å². The first-order valence-electron chi connectivity index (χ1n) is 6.71. The Labute approximate surface area is 127 Å². The lowest BCUT2D eigenvalue weighted by atomic mass is 10.0. The van der Waals surface area contributed by atoms with E-state index in [2.05, 4.69) is 10.3 Å². The molecule has 0 aliphatic carbocycles. The highest BCUT2D eigenvalue weighted by Gasteiger charge is 2.13. The van der Waals surface area contributed by atoms with Crippen molar-refractivity contribution >= 4 is 11.9 Å². The van der Waals surface area contributed by atoms with Crippen LogP contribution in [0.15, 0.2) is 36.7 Å². The number of aromatic hydroxyl groups is 1. The van der Waals surface area contributed by atoms with Gasteiger partial charge in [0.05, 0.1) is 5.56 Å². The molecule has 0 aliphatic heterocycles. The minimum absolute atomic E-state index is 0.00319. The van der Waals surface area contributed by atoms with Gasteiger partial charge in [-0.25, -0.2) is 4.79 Å². The molecule has 0 aliphatic rings. The number of aromatic carboxylic acids is 1. The Morgan fingerprint density at radius 2 is 1.86 bits per heavy atom. The maximum absolute atomic E-state index is 12.0. The standard InChI is InChI=1S/C16H16N2O4/c1-9(2)18-15(20)12-5-11(7-17-8-12)10-3-4-14(19)13(6-10)16(21)22/h3-9,19H,1-2H3,(H,18,20)(H,21,22). The molecule has 0 bridgehead atoms. The number of nitrogens with one attached hydrogen (secondary N) is 1. The molecule has 1 amide bonds. The number of carboxylic acid groups (broad SMARTS) is 1. The SMILES string of the molecule is CC(C)NC(=O)c1cncc(-c2ccc(O)c(C(=O)O)c2)c1. The Morgan fingerprint density at radius 1 is 1.14 bits per heavy atom. The molecule has 2 rings (SSSR count). The third kappa shape index (κ3) is 3.41. The van der Waals surface area contributed by atoms with Gasteiger partial charge in [0, 0.05) is 24.0 Å². The summed E-state index contributed by atoms with van der Waals surface area (Å²) >= 11 is 0. The molecule has 6 heteroatoms. The molecule has 0 atom stereocenters.